The van der Waals surface area contributed by atoms with E-state index >= 15 is 0 Å². The van der Waals surface area contributed by atoms with Gasteiger partial charge in [0.2, 0.25) is 10.0 Å². The van der Waals surface area contributed by atoms with E-state index < -0.39 is 20.7 Å². The molecule has 1 aliphatic heterocycles. The Balaban J connectivity index is 2.23. The zero-order valence-electron chi connectivity index (χ0n) is 10.5. The predicted molar refractivity (Wildman–Crippen MR) is 72.2 cm³/mol. The Morgan fingerprint density at radius 3 is 2.84 bits per heavy atom. The molecule has 19 heavy (non-hydrogen) atoms. The van der Waals surface area contributed by atoms with E-state index in [-0.39, 0.29) is 17.1 Å². The smallest absolute Gasteiger partial charge is 0.245 e. The fraction of sp³-hybridized carbons (Fsp3) is 0.500. The first-order chi connectivity index (χ1) is 8.90. The minimum atomic E-state index is -3.93. The van der Waals surface area contributed by atoms with Crippen molar-refractivity contribution in [2.75, 3.05) is 6.54 Å². The number of sulfonamides is 1. The van der Waals surface area contributed by atoms with Crippen LogP contribution >= 0.6 is 11.6 Å². The van der Waals surface area contributed by atoms with Crippen LogP contribution in [-0.4, -0.2) is 27.0 Å². The Kier molecular flexibility index (Phi) is 4.45. The Morgan fingerprint density at radius 2 is 2.21 bits per heavy atom. The first-order valence-corrected chi connectivity index (χ1v) is 7.96. The summed E-state index contributed by atoms with van der Waals surface area (Å²) in [6.45, 7) is 2.72. The fourth-order valence-electron chi connectivity index (χ4n) is 2.26. The van der Waals surface area contributed by atoms with Crippen LogP contribution in [0.15, 0.2) is 23.1 Å². The lowest BCUT2D eigenvalue weighted by Crippen LogP contribution is -2.46. The fourth-order valence-corrected chi connectivity index (χ4v) is 4.14. The molecule has 1 aromatic rings. The molecule has 4 nitrogen and oxygen atoms in total. The normalized spacial score (nSPS) is 24.4. The van der Waals surface area contributed by atoms with Crippen LogP contribution in [0.4, 0.5) is 4.39 Å². The van der Waals surface area contributed by atoms with E-state index in [1.54, 1.807) is 0 Å². The van der Waals surface area contributed by atoms with Crippen molar-refractivity contribution in [1.29, 1.82) is 0 Å². The maximum atomic E-state index is 13.7. The molecule has 0 radical (unpaired) electrons. The van der Waals surface area contributed by atoms with Crippen LogP contribution in [0.25, 0.3) is 0 Å². The van der Waals surface area contributed by atoms with E-state index in [0.717, 1.165) is 12.6 Å². The zero-order valence-corrected chi connectivity index (χ0v) is 12.1. The van der Waals surface area contributed by atoms with Crippen molar-refractivity contribution in [3.63, 3.8) is 0 Å². The van der Waals surface area contributed by atoms with Gasteiger partial charge in [-0.05, 0) is 38.4 Å². The van der Waals surface area contributed by atoms with Crippen molar-refractivity contribution in [3.05, 3.63) is 29.0 Å². The van der Waals surface area contributed by atoms with Crippen molar-refractivity contribution in [2.45, 2.75) is 36.7 Å². The number of halogens is 2. The van der Waals surface area contributed by atoms with E-state index in [0.29, 0.717) is 12.8 Å². The average molecular weight is 307 g/mol. The molecular formula is C12H16ClFN2O2S. The molecule has 0 amide bonds. The number of hydrogen-bond acceptors (Lipinski definition) is 3. The standard InChI is InChI=1S/C12H16ClFN2O2S/c1-8-7-9(5-6-15-8)16-19(17,18)12-10(13)3-2-4-11(12)14/h2-4,8-9,15-16H,5-7H2,1H3. The lowest BCUT2D eigenvalue weighted by Gasteiger charge is -2.28. The molecule has 2 N–H and O–H groups in total. The summed E-state index contributed by atoms with van der Waals surface area (Å²) in [6.07, 6.45) is 1.35. The third-order valence-electron chi connectivity index (χ3n) is 3.13. The number of piperidine rings is 1. The van der Waals surface area contributed by atoms with Crippen LogP contribution in [0, 0.1) is 5.82 Å². The maximum Gasteiger partial charge on any atom is 0.245 e. The first-order valence-electron chi connectivity index (χ1n) is 6.10. The van der Waals surface area contributed by atoms with Gasteiger partial charge in [0, 0.05) is 12.1 Å². The van der Waals surface area contributed by atoms with Crippen LogP contribution < -0.4 is 10.0 Å². The molecule has 1 aliphatic rings. The second-order valence-corrected chi connectivity index (χ2v) is 6.81. The van der Waals surface area contributed by atoms with Gasteiger partial charge in [-0.25, -0.2) is 17.5 Å². The van der Waals surface area contributed by atoms with Crippen molar-refractivity contribution >= 4 is 21.6 Å². The van der Waals surface area contributed by atoms with E-state index in [1.807, 2.05) is 6.92 Å². The summed E-state index contributed by atoms with van der Waals surface area (Å²) in [5.74, 6) is -0.831. The van der Waals surface area contributed by atoms with Crippen molar-refractivity contribution < 1.29 is 12.8 Å². The number of nitrogens with one attached hydrogen (secondary N) is 2. The van der Waals surface area contributed by atoms with Crippen LogP contribution in [0.5, 0.6) is 0 Å². The summed E-state index contributed by atoms with van der Waals surface area (Å²) in [6, 6.07) is 3.87. The molecule has 1 saturated heterocycles. The lowest BCUT2D eigenvalue weighted by atomic mass is 10.0. The van der Waals surface area contributed by atoms with Crippen molar-refractivity contribution in [1.82, 2.24) is 10.0 Å². The van der Waals surface area contributed by atoms with E-state index in [2.05, 4.69) is 10.0 Å². The number of benzene rings is 1. The summed E-state index contributed by atoms with van der Waals surface area (Å²) in [5.41, 5.74) is 0. The highest BCUT2D eigenvalue weighted by molar-refractivity contribution is 7.89. The Hall–Kier alpha value is -0.690. The molecule has 1 heterocycles. The third kappa shape index (κ3) is 3.45. The highest BCUT2D eigenvalue weighted by Gasteiger charge is 2.28. The van der Waals surface area contributed by atoms with Crippen molar-refractivity contribution in [3.8, 4) is 0 Å². The van der Waals surface area contributed by atoms with Gasteiger partial charge in [-0.2, -0.15) is 0 Å². The molecule has 1 aromatic carbocycles. The van der Waals surface area contributed by atoms with Gasteiger partial charge in [-0.3, -0.25) is 0 Å². The summed E-state index contributed by atoms with van der Waals surface area (Å²) in [4.78, 5) is -0.470. The van der Waals surface area contributed by atoms with E-state index in [1.165, 1.54) is 12.1 Å². The van der Waals surface area contributed by atoms with Gasteiger partial charge in [0.1, 0.15) is 10.7 Å². The van der Waals surface area contributed by atoms with Gasteiger partial charge in [-0.1, -0.05) is 17.7 Å². The van der Waals surface area contributed by atoms with Gasteiger partial charge in [0.15, 0.2) is 0 Å². The van der Waals surface area contributed by atoms with Crippen LogP contribution in [0.2, 0.25) is 5.02 Å². The molecule has 0 bridgehead atoms. The molecule has 1 fully saturated rings. The van der Waals surface area contributed by atoms with Gasteiger partial charge in [0.05, 0.1) is 5.02 Å². The second kappa shape index (κ2) is 5.75. The minimum absolute atomic E-state index is 0.102. The van der Waals surface area contributed by atoms with Gasteiger partial charge < -0.3 is 5.32 Å². The van der Waals surface area contributed by atoms with E-state index in [9.17, 15) is 12.8 Å². The number of hydrogen-bond donors (Lipinski definition) is 2. The quantitative estimate of drug-likeness (QED) is 0.897. The molecular weight excluding hydrogens is 291 g/mol. The van der Waals surface area contributed by atoms with E-state index in [4.69, 9.17) is 11.6 Å². The van der Waals surface area contributed by atoms with Crippen LogP contribution in [-0.2, 0) is 10.0 Å². The van der Waals surface area contributed by atoms with Gasteiger partial charge >= 0.3 is 0 Å². The largest absolute Gasteiger partial charge is 0.314 e. The third-order valence-corrected chi connectivity index (χ3v) is 5.16. The first kappa shape index (κ1) is 14.7. The SMILES string of the molecule is CC1CC(NS(=O)(=O)c2c(F)cccc2Cl)CCN1. The predicted octanol–water partition coefficient (Wildman–Crippen LogP) is 1.90. The summed E-state index contributed by atoms with van der Waals surface area (Å²) in [7, 11) is -3.93. The molecule has 106 valence electrons. The molecule has 2 unspecified atom stereocenters. The summed E-state index contributed by atoms with van der Waals surface area (Å²) < 4.78 is 40.6. The van der Waals surface area contributed by atoms with Gasteiger partial charge in [0.25, 0.3) is 0 Å². The zero-order chi connectivity index (χ0) is 14.0. The molecule has 0 saturated carbocycles. The minimum Gasteiger partial charge on any atom is -0.314 e. The Labute approximate surface area is 117 Å². The maximum absolute atomic E-state index is 13.7. The van der Waals surface area contributed by atoms with Gasteiger partial charge in [-0.15, -0.1) is 0 Å². The topological polar surface area (TPSA) is 58.2 Å². The highest BCUT2D eigenvalue weighted by atomic mass is 35.5. The lowest BCUT2D eigenvalue weighted by molar-refractivity contribution is 0.361. The Bertz CT molecular complexity index is 545. The Morgan fingerprint density at radius 1 is 1.47 bits per heavy atom. The molecule has 7 heteroatoms. The summed E-state index contributed by atoms with van der Waals surface area (Å²) >= 11 is 5.79. The van der Waals surface area contributed by atoms with Crippen LogP contribution in [0.1, 0.15) is 19.8 Å². The molecule has 0 aliphatic carbocycles. The average Bonchev–Trinajstić information content (AvgIpc) is 2.27. The van der Waals surface area contributed by atoms with Crippen LogP contribution in [0.3, 0.4) is 0 Å². The molecule has 2 rings (SSSR count). The van der Waals surface area contributed by atoms with Crippen molar-refractivity contribution in [2.24, 2.45) is 0 Å². The molecule has 2 atom stereocenters. The molecule has 0 aromatic heterocycles. The number of rotatable bonds is 3. The molecule has 0 spiro atoms. The highest BCUT2D eigenvalue weighted by Crippen LogP contribution is 2.25. The monoisotopic (exact) mass is 306 g/mol. The second-order valence-electron chi connectivity index (χ2n) is 4.75. The summed E-state index contributed by atoms with van der Waals surface area (Å²) in [5, 5.41) is 3.12.